The van der Waals surface area contributed by atoms with Gasteiger partial charge in [-0.05, 0) is 11.5 Å². The number of ketones is 1. The molecule has 4 aromatic carbocycles. The lowest BCUT2D eigenvalue weighted by atomic mass is 9.97. The van der Waals surface area contributed by atoms with Gasteiger partial charge >= 0.3 is 6.09 Å². The molecule has 0 heterocycles. The Balaban J connectivity index is 1.94. The predicted octanol–water partition coefficient (Wildman–Crippen LogP) is 5.79. The van der Waals surface area contributed by atoms with Gasteiger partial charge in [0.15, 0.2) is 0 Å². The van der Waals surface area contributed by atoms with Crippen LogP contribution in [0.1, 0.15) is 15.9 Å². The van der Waals surface area contributed by atoms with Crippen LogP contribution < -0.4 is 4.90 Å². The van der Waals surface area contributed by atoms with E-state index in [0.29, 0.717) is 5.39 Å². The molecule has 0 aliphatic rings. The summed E-state index contributed by atoms with van der Waals surface area (Å²) in [6.07, 6.45) is -0.986. The molecule has 34 heavy (non-hydrogen) atoms. The Kier molecular flexibility index (Phi) is 6.50. The second kappa shape index (κ2) is 9.83. The molecule has 0 fully saturated rings. The summed E-state index contributed by atoms with van der Waals surface area (Å²) in [6, 6.07) is 28.7. The highest BCUT2D eigenvalue weighted by Gasteiger charge is 2.35. The van der Waals surface area contributed by atoms with Gasteiger partial charge in [-0.2, -0.15) is 0 Å². The van der Waals surface area contributed by atoms with Gasteiger partial charge in [-0.3, -0.25) is 9.59 Å². The number of hydrogen-bond donors (Lipinski definition) is 1. The van der Waals surface area contributed by atoms with E-state index in [2.05, 4.69) is 0 Å². The first-order valence-electron chi connectivity index (χ1n) is 10.5. The number of aliphatic hydroxyl groups excluding tert-OH is 1. The second-order valence-corrected chi connectivity index (χ2v) is 7.39. The minimum Gasteiger partial charge on any atom is -0.506 e. The number of carbonyl (C=O) groups excluding carboxylic acids is 3. The lowest BCUT2D eigenvalue weighted by molar-refractivity contribution is -0.114. The van der Waals surface area contributed by atoms with E-state index >= 15 is 0 Å². The van der Waals surface area contributed by atoms with Crippen LogP contribution in [-0.2, 0) is 9.53 Å². The molecule has 0 unspecified atom stereocenters. The van der Waals surface area contributed by atoms with Gasteiger partial charge in [0.2, 0.25) is 5.78 Å². The Morgan fingerprint density at radius 3 is 1.91 bits per heavy atom. The number of hydrogen-bond acceptors (Lipinski definition) is 5. The van der Waals surface area contributed by atoms with E-state index in [9.17, 15) is 19.5 Å². The van der Waals surface area contributed by atoms with Gasteiger partial charge in [-0.25, -0.2) is 9.69 Å². The molecule has 0 aromatic heterocycles. The molecule has 0 saturated carbocycles. The standard InChI is InChI=1S/C28H21NO5/c1-34-28(33)29(23-18-10-16-19-11-8-9-17-22(19)23)27(32)24(25(30)20-12-4-2-5-13-20)26(31)21-14-6-3-7-15-21/h2-18,30H,1H3/b25-24-. The second-order valence-electron chi connectivity index (χ2n) is 7.39. The zero-order chi connectivity index (χ0) is 24.1. The van der Waals surface area contributed by atoms with Gasteiger partial charge in [0, 0.05) is 16.5 Å². The summed E-state index contributed by atoms with van der Waals surface area (Å²) in [6.45, 7) is 0. The van der Waals surface area contributed by atoms with E-state index < -0.39 is 29.1 Å². The maximum absolute atomic E-state index is 13.9. The number of nitrogens with zero attached hydrogens (tertiary/aromatic N) is 1. The van der Waals surface area contributed by atoms with Crippen molar-refractivity contribution in [2.24, 2.45) is 0 Å². The van der Waals surface area contributed by atoms with Crippen molar-refractivity contribution >= 4 is 40.0 Å². The number of imide groups is 1. The van der Waals surface area contributed by atoms with E-state index in [1.165, 1.54) is 12.1 Å². The highest BCUT2D eigenvalue weighted by Crippen LogP contribution is 2.30. The molecule has 0 saturated heterocycles. The quantitative estimate of drug-likeness (QED) is 0.136. The first-order chi connectivity index (χ1) is 16.5. The zero-order valence-corrected chi connectivity index (χ0v) is 18.3. The number of aliphatic hydroxyl groups is 1. The molecule has 2 amide bonds. The van der Waals surface area contributed by atoms with Crippen molar-refractivity contribution in [3.8, 4) is 0 Å². The molecular weight excluding hydrogens is 430 g/mol. The Morgan fingerprint density at radius 1 is 0.706 bits per heavy atom. The van der Waals surface area contributed by atoms with Crippen LogP contribution in [0, 0.1) is 0 Å². The fraction of sp³-hybridized carbons (Fsp3) is 0.0357. The van der Waals surface area contributed by atoms with Crippen LogP contribution in [0.15, 0.2) is 109 Å². The Bertz CT molecular complexity index is 1390. The minimum absolute atomic E-state index is 0.191. The molecule has 0 radical (unpaired) electrons. The van der Waals surface area contributed by atoms with Gasteiger partial charge < -0.3 is 9.84 Å². The Morgan fingerprint density at radius 2 is 1.26 bits per heavy atom. The van der Waals surface area contributed by atoms with Crippen LogP contribution in [0.25, 0.3) is 16.5 Å². The third-order valence-electron chi connectivity index (χ3n) is 5.33. The highest BCUT2D eigenvalue weighted by molar-refractivity contribution is 6.37. The Labute approximate surface area is 196 Å². The third-order valence-corrected chi connectivity index (χ3v) is 5.33. The first-order valence-corrected chi connectivity index (χ1v) is 10.5. The van der Waals surface area contributed by atoms with Gasteiger partial charge in [0.1, 0.15) is 11.3 Å². The van der Waals surface area contributed by atoms with Crippen LogP contribution in [0.2, 0.25) is 0 Å². The maximum atomic E-state index is 13.9. The van der Waals surface area contributed by atoms with E-state index in [1.54, 1.807) is 72.8 Å². The van der Waals surface area contributed by atoms with E-state index in [0.717, 1.165) is 17.4 Å². The monoisotopic (exact) mass is 451 g/mol. The SMILES string of the molecule is COC(=O)N(C(=O)/C(C(=O)c1ccccc1)=C(\O)c1ccccc1)c1cccc2ccccc12. The molecule has 0 spiro atoms. The number of fused-ring (bicyclic) bond motifs is 1. The molecule has 6 nitrogen and oxygen atoms in total. The average Bonchev–Trinajstić information content (AvgIpc) is 2.89. The van der Waals surface area contributed by atoms with Crippen LogP contribution >= 0.6 is 0 Å². The van der Waals surface area contributed by atoms with Crippen molar-refractivity contribution in [1.29, 1.82) is 0 Å². The van der Waals surface area contributed by atoms with E-state index in [1.807, 2.05) is 18.2 Å². The van der Waals surface area contributed by atoms with Crippen molar-refractivity contribution in [1.82, 2.24) is 0 Å². The summed E-state index contributed by atoms with van der Waals surface area (Å²) < 4.78 is 4.91. The summed E-state index contributed by atoms with van der Waals surface area (Å²) in [7, 11) is 1.15. The van der Waals surface area contributed by atoms with E-state index in [-0.39, 0.29) is 16.8 Å². The van der Waals surface area contributed by atoms with E-state index in [4.69, 9.17) is 4.74 Å². The van der Waals surface area contributed by atoms with Crippen LogP contribution in [-0.4, -0.2) is 30.0 Å². The number of rotatable bonds is 5. The summed E-state index contributed by atoms with van der Waals surface area (Å²) in [5, 5.41) is 12.5. The molecule has 6 heteroatoms. The number of carbonyl (C=O) groups is 3. The van der Waals surface area contributed by atoms with Crippen molar-refractivity contribution in [2.45, 2.75) is 0 Å². The van der Waals surface area contributed by atoms with Crippen LogP contribution in [0.4, 0.5) is 10.5 Å². The number of Topliss-reactive ketones (excluding diaryl/α,β-unsaturated/α-hetero) is 1. The number of amides is 2. The smallest absolute Gasteiger partial charge is 0.421 e. The zero-order valence-electron chi connectivity index (χ0n) is 18.3. The predicted molar refractivity (Wildman–Crippen MR) is 131 cm³/mol. The van der Waals surface area contributed by atoms with Crippen LogP contribution in [0.3, 0.4) is 0 Å². The molecule has 0 aliphatic carbocycles. The van der Waals surface area contributed by atoms with Crippen molar-refractivity contribution in [2.75, 3.05) is 12.0 Å². The molecule has 0 bridgehead atoms. The molecule has 4 aromatic rings. The number of ether oxygens (including phenoxy) is 1. The summed E-state index contributed by atoms with van der Waals surface area (Å²) in [5.41, 5.74) is 0.138. The minimum atomic E-state index is -1.00. The maximum Gasteiger partial charge on any atom is 0.421 e. The normalized spacial score (nSPS) is 11.4. The fourth-order valence-electron chi connectivity index (χ4n) is 3.68. The highest BCUT2D eigenvalue weighted by atomic mass is 16.5. The third kappa shape index (κ3) is 4.29. The molecule has 168 valence electrons. The number of benzene rings is 4. The fourth-order valence-corrected chi connectivity index (χ4v) is 3.68. The lowest BCUT2D eigenvalue weighted by Gasteiger charge is -2.22. The molecule has 4 rings (SSSR count). The van der Waals surface area contributed by atoms with Crippen molar-refractivity contribution in [3.63, 3.8) is 0 Å². The molecule has 0 atom stereocenters. The summed E-state index contributed by atoms with van der Waals surface area (Å²) >= 11 is 0. The van der Waals surface area contributed by atoms with Crippen LogP contribution in [0.5, 0.6) is 0 Å². The van der Waals surface area contributed by atoms with Gasteiger partial charge in [-0.1, -0.05) is 97.1 Å². The molecule has 0 aliphatic heterocycles. The Hall–Kier alpha value is -4.71. The topological polar surface area (TPSA) is 83.9 Å². The average molecular weight is 451 g/mol. The summed E-state index contributed by atoms with van der Waals surface area (Å²) in [4.78, 5) is 41.1. The summed E-state index contributed by atoms with van der Waals surface area (Å²) in [5.74, 6) is -2.26. The molecular formula is C28H21NO5. The molecule has 1 N–H and O–H groups in total. The first kappa shape index (κ1) is 22.5. The van der Waals surface area contributed by atoms with Gasteiger partial charge in [0.25, 0.3) is 5.91 Å². The van der Waals surface area contributed by atoms with Crippen molar-refractivity contribution in [3.05, 3.63) is 120 Å². The number of anilines is 1. The van der Waals surface area contributed by atoms with Gasteiger partial charge in [0.05, 0.1) is 12.8 Å². The van der Waals surface area contributed by atoms with Gasteiger partial charge in [-0.15, -0.1) is 0 Å². The lowest BCUT2D eigenvalue weighted by Crippen LogP contribution is -2.40. The van der Waals surface area contributed by atoms with Crippen molar-refractivity contribution < 1.29 is 24.2 Å². The largest absolute Gasteiger partial charge is 0.506 e. The number of methoxy groups -OCH3 is 1.